The molecule has 1 unspecified atom stereocenters. The number of carbonyl (C=O) groups excluding carboxylic acids is 1. The molecule has 4 nitrogen and oxygen atoms in total. The van der Waals surface area contributed by atoms with Crippen molar-refractivity contribution in [3.05, 3.63) is 29.8 Å². The van der Waals surface area contributed by atoms with Gasteiger partial charge in [0.2, 0.25) is 0 Å². The number of benzene rings is 1. The quantitative estimate of drug-likeness (QED) is 0.792. The molecule has 0 aromatic heterocycles. The van der Waals surface area contributed by atoms with Crippen molar-refractivity contribution in [1.29, 1.82) is 0 Å². The smallest absolute Gasteiger partial charge is 0.253 e. The lowest BCUT2D eigenvalue weighted by atomic mass is 10.1. The van der Waals surface area contributed by atoms with Gasteiger partial charge in [-0.15, -0.1) is 0 Å². The van der Waals surface area contributed by atoms with E-state index < -0.39 is 0 Å². The van der Waals surface area contributed by atoms with E-state index in [1.165, 1.54) is 0 Å². The predicted molar refractivity (Wildman–Crippen MR) is 80.7 cm³/mol. The SMILES string of the molecule is CCCNc1ccccc1C(=O)NC(C)CN(C)C. The Labute approximate surface area is 116 Å². The number of para-hydroxylation sites is 1. The van der Waals surface area contributed by atoms with E-state index in [0.29, 0.717) is 5.56 Å². The highest BCUT2D eigenvalue weighted by atomic mass is 16.1. The molecule has 0 saturated carbocycles. The molecule has 2 N–H and O–H groups in total. The summed E-state index contributed by atoms with van der Waals surface area (Å²) >= 11 is 0. The van der Waals surface area contributed by atoms with Gasteiger partial charge in [-0.2, -0.15) is 0 Å². The van der Waals surface area contributed by atoms with Crippen molar-refractivity contribution >= 4 is 11.6 Å². The third-order valence-electron chi connectivity index (χ3n) is 2.75. The second-order valence-electron chi connectivity index (χ2n) is 5.11. The zero-order valence-electron chi connectivity index (χ0n) is 12.4. The van der Waals surface area contributed by atoms with Crippen molar-refractivity contribution in [2.75, 3.05) is 32.5 Å². The molecular weight excluding hydrogens is 238 g/mol. The van der Waals surface area contributed by atoms with Crippen LogP contribution in [-0.4, -0.2) is 44.0 Å². The summed E-state index contributed by atoms with van der Waals surface area (Å²) in [7, 11) is 4.00. The normalized spacial score (nSPS) is 12.3. The van der Waals surface area contributed by atoms with Crippen molar-refractivity contribution in [3.63, 3.8) is 0 Å². The van der Waals surface area contributed by atoms with E-state index in [1.807, 2.05) is 45.3 Å². The van der Waals surface area contributed by atoms with Gasteiger partial charge in [0.1, 0.15) is 0 Å². The average Bonchev–Trinajstić information content (AvgIpc) is 2.35. The highest BCUT2D eigenvalue weighted by molar-refractivity contribution is 5.99. The summed E-state index contributed by atoms with van der Waals surface area (Å²) in [5.41, 5.74) is 1.61. The summed E-state index contributed by atoms with van der Waals surface area (Å²) in [5, 5.41) is 6.31. The molecule has 0 bridgehead atoms. The Morgan fingerprint density at radius 2 is 2.00 bits per heavy atom. The first-order valence-electron chi connectivity index (χ1n) is 6.83. The Kier molecular flexibility index (Phi) is 6.36. The monoisotopic (exact) mass is 263 g/mol. The van der Waals surface area contributed by atoms with Crippen LogP contribution in [0.25, 0.3) is 0 Å². The van der Waals surface area contributed by atoms with Gasteiger partial charge in [-0.3, -0.25) is 4.79 Å². The molecular formula is C15H25N3O. The standard InChI is InChI=1S/C15H25N3O/c1-5-10-16-14-9-7-6-8-13(14)15(19)17-12(2)11-18(3)4/h6-9,12,16H,5,10-11H2,1-4H3,(H,17,19). The van der Waals surface area contributed by atoms with Crippen molar-refractivity contribution in [2.45, 2.75) is 26.3 Å². The van der Waals surface area contributed by atoms with Crippen LogP contribution in [0.1, 0.15) is 30.6 Å². The Bertz CT molecular complexity index is 404. The van der Waals surface area contributed by atoms with Gasteiger partial charge in [0.25, 0.3) is 5.91 Å². The van der Waals surface area contributed by atoms with Crippen LogP contribution in [0.5, 0.6) is 0 Å². The highest BCUT2D eigenvalue weighted by Crippen LogP contribution is 2.15. The van der Waals surface area contributed by atoms with Gasteiger partial charge >= 0.3 is 0 Å². The van der Waals surface area contributed by atoms with Crippen LogP contribution in [0, 0.1) is 0 Å². The van der Waals surface area contributed by atoms with E-state index in [9.17, 15) is 4.79 Å². The molecule has 1 aromatic rings. The minimum atomic E-state index is -0.0199. The molecule has 0 aliphatic rings. The van der Waals surface area contributed by atoms with Crippen molar-refractivity contribution < 1.29 is 4.79 Å². The van der Waals surface area contributed by atoms with Crippen LogP contribution in [0.3, 0.4) is 0 Å². The van der Waals surface area contributed by atoms with Gasteiger partial charge in [-0.25, -0.2) is 0 Å². The Balaban J connectivity index is 2.70. The first-order valence-corrected chi connectivity index (χ1v) is 6.83. The lowest BCUT2D eigenvalue weighted by molar-refractivity contribution is 0.0935. The number of likely N-dealkylation sites (N-methyl/N-ethyl adjacent to an activating group) is 1. The summed E-state index contributed by atoms with van der Waals surface area (Å²) in [6, 6.07) is 7.76. The second-order valence-corrected chi connectivity index (χ2v) is 5.11. The van der Waals surface area contributed by atoms with Crippen molar-refractivity contribution in [2.24, 2.45) is 0 Å². The molecule has 0 radical (unpaired) electrons. The Morgan fingerprint density at radius 1 is 1.32 bits per heavy atom. The maximum absolute atomic E-state index is 12.3. The first kappa shape index (κ1) is 15.5. The summed E-state index contributed by atoms with van der Waals surface area (Å²) in [4.78, 5) is 14.3. The largest absolute Gasteiger partial charge is 0.384 e. The van der Waals surface area contributed by atoms with Crippen LogP contribution in [0.2, 0.25) is 0 Å². The molecule has 0 aliphatic carbocycles. The zero-order chi connectivity index (χ0) is 14.3. The van der Waals surface area contributed by atoms with E-state index in [1.54, 1.807) is 0 Å². The van der Waals surface area contributed by atoms with E-state index in [-0.39, 0.29) is 11.9 Å². The molecule has 1 aromatic carbocycles. The fourth-order valence-corrected chi connectivity index (χ4v) is 1.99. The molecule has 1 atom stereocenters. The number of rotatable bonds is 7. The van der Waals surface area contributed by atoms with Crippen LogP contribution < -0.4 is 10.6 Å². The summed E-state index contributed by atoms with van der Waals surface area (Å²) in [6.45, 7) is 5.82. The molecule has 106 valence electrons. The van der Waals surface area contributed by atoms with Crippen molar-refractivity contribution in [1.82, 2.24) is 10.2 Å². The van der Waals surface area contributed by atoms with Gasteiger partial charge < -0.3 is 15.5 Å². The molecule has 0 aliphatic heterocycles. The fourth-order valence-electron chi connectivity index (χ4n) is 1.99. The number of hydrogen-bond acceptors (Lipinski definition) is 3. The van der Waals surface area contributed by atoms with E-state index >= 15 is 0 Å². The number of nitrogens with zero attached hydrogens (tertiary/aromatic N) is 1. The topological polar surface area (TPSA) is 44.4 Å². The molecule has 19 heavy (non-hydrogen) atoms. The van der Waals surface area contributed by atoms with Crippen LogP contribution in [0.4, 0.5) is 5.69 Å². The summed E-state index contributed by atoms with van der Waals surface area (Å²) < 4.78 is 0. The third-order valence-corrected chi connectivity index (χ3v) is 2.75. The van der Waals surface area contributed by atoms with E-state index in [4.69, 9.17) is 0 Å². The van der Waals surface area contributed by atoms with Crippen LogP contribution >= 0.6 is 0 Å². The van der Waals surface area contributed by atoms with Gasteiger partial charge in [0.15, 0.2) is 0 Å². The number of carbonyl (C=O) groups is 1. The van der Waals surface area contributed by atoms with Crippen molar-refractivity contribution in [3.8, 4) is 0 Å². The molecule has 1 rings (SSSR count). The predicted octanol–water partition coefficient (Wildman–Crippen LogP) is 2.19. The molecule has 0 heterocycles. The second kappa shape index (κ2) is 7.79. The van der Waals surface area contributed by atoms with E-state index in [2.05, 4.69) is 22.5 Å². The zero-order valence-corrected chi connectivity index (χ0v) is 12.4. The maximum atomic E-state index is 12.3. The summed E-state index contributed by atoms with van der Waals surface area (Å²) in [5.74, 6) is -0.0199. The van der Waals surface area contributed by atoms with Gasteiger partial charge in [-0.1, -0.05) is 19.1 Å². The van der Waals surface area contributed by atoms with Gasteiger partial charge in [0, 0.05) is 24.8 Å². The highest BCUT2D eigenvalue weighted by Gasteiger charge is 2.13. The fraction of sp³-hybridized carbons (Fsp3) is 0.533. The summed E-state index contributed by atoms with van der Waals surface area (Å²) in [6.07, 6.45) is 1.03. The molecule has 0 spiro atoms. The first-order chi connectivity index (χ1) is 9.04. The lowest BCUT2D eigenvalue weighted by Gasteiger charge is -2.19. The number of hydrogen-bond donors (Lipinski definition) is 2. The average molecular weight is 263 g/mol. The number of amides is 1. The third kappa shape index (κ3) is 5.30. The molecule has 0 fully saturated rings. The Morgan fingerprint density at radius 3 is 2.63 bits per heavy atom. The molecule has 0 saturated heterocycles. The minimum Gasteiger partial charge on any atom is -0.384 e. The van der Waals surface area contributed by atoms with Crippen LogP contribution in [0.15, 0.2) is 24.3 Å². The van der Waals surface area contributed by atoms with Gasteiger partial charge in [0.05, 0.1) is 5.56 Å². The maximum Gasteiger partial charge on any atom is 0.253 e. The van der Waals surface area contributed by atoms with E-state index in [0.717, 1.165) is 25.2 Å². The minimum absolute atomic E-state index is 0.0199. The number of nitrogens with one attached hydrogen (secondary N) is 2. The Hall–Kier alpha value is -1.55. The molecule has 4 heteroatoms. The molecule has 1 amide bonds. The lowest BCUT2D eigenvalue weighted by Crippen LogP contribution is -2.39. The van der Waals surface area contributed by atoms with Crippen LogP contribution in [-0.2, 0) is 0 Å². The number of anilines is 1. The van der Waals surface area contributed by atoms with Gasteiger partial charge in [-0.05, 0) is 39.6 Å².